The molecule has 0 amide bonds. The lowest BCUT2D eigenvalue weighted by Gasteiger charge is -2.37. The Morgan fingerprint density at radius 2 is 1.69 bits per heavy atom. The van der Waals surface area contributed by atoms with Crippen LogP contribution in [-0.2, 0) is 4.74 Å². The van der Waals surface area contributed by atoms with Crippen LogP contribution in [-0.4, -0.2) is 61.8 Å². The second kappa shape index (κ2) is 5.99. The van der Waals surface area contributed by atoms with Gasteiger partial charge < -0.3 is 9.64 Å². The molecular weight excluding hydrogens is 200 g/mol. The van der Waals surface area contributed by atoms with Gasteiger partial charge in [-0.05, 0) is 45.7 Å². The predicted molar refractivity (Wildman–Crippen MR) is 66.7 cm³/mol. The number of hydrogen-bond acceptors (Lipinski definition) is 3. The van der Waals surface area contributed by atoms with Crippen molar-refractivity contribution in [3.63, 3.8) is 0 Å². The molecular formula is C13H26N2O. The average Bonchev–Trinajstić information content (AvgIpc) is 2.31. The lowest BCUT2D eigenvalue weighted by atomic mass is 9.95. The smallest absolute Gasteiger partial charge is 0.0594 e. The summed E-state index contributed by atoms with van der Waals surface area (Å²) < 4.78 is 5.39. The number of ether oxygens (including phenoxy) is 1. The van der Waals surface area contributed by atoms with E-state index in [1.54, 1.807) is 0 Å². The van der Waals surface area contributed by atoms with E-state index in [-0.39, 0.29) is 0 Å². The van der Waals surface area contributed by atoms with Gasteiger partial charge in [-0.15, -0.1) is 0 Å². The summed E-state index contributed by atoms with van der Waals surface area (Å²) >= 11 is 0. The monoisotopic (exact) mass is 226 g/mol. The summed E-state index contributed by atoms with van der Waals surface area (Å²) in [4.78, 5) is 5.19. The zero-order chi connectivity index (χ0) is 11.4. The molecule has 0 aromatic rings. The van der Waals surface area contributed by atoms with Crippen molar-refractivity contribution in [3.8, 4) is 0 Å². The molecule has 3 nitrogen and oxygen atoms in total. The van der Waals surface area contributed by atoms with Gasteiger partial charge in [-0.2, -0.15) is 0 Å². The number of likely N-dealkylation sites (tertiary alicyclic amines) is 1. The van der Waals surface area contributed by atoms with E-state index in [9.17, 15) is 0 Å². The lowest BCUT2D eigenvalue weighted by Crippen LogP contribution is -2.44. The summed E-state index contributed by atoms with van der Waals surface area (Å²) in [5.74, 6) is 0.924. The standard InChI is InChI=1S/C13H26N2O/c1-12(2)15-5-3-13(4-6-15)11-14-7-9-16-10-8-14/h12-13H,3-11H2,1-2H3. The predicted octanol–water partition coefficient (Wildman–Crippen LogP) is 1.44. The molecule has 2 aliphatic rings. The molecule has 0 aliphatic carbocycles. The van der Waals surface area contributed by atoms with Gasteiger partial charge in [0.05, 0.1) is 13.2 Å². The minimum atomic E-state index is 0.726. The van der Waals surface area contributed by atoms with Gasteiger partial charge in [0, 0.05) is 25.7 Å². The fraction of sp³-hybridized carbons (Fsp3) is 1.00. The minimum absolute atomic E-state index is 0.726. The van der Waals surface area contributed by atoms with E-state index in [1.165, 1.54) is 32.5 Å². The molecule has 0 aromatic carbocycles. The van der Waals surface area contributed by atoms with Crippen LogP contribution in [0.3, 0.4) is 0 Å². The average molecular weight is 226 g/mol. The molecule has 2 aliphatic heterocycles. The van der Waals surface area contributed by atoms with Gasteiger partial charge in [0.2, 0.25) is 0 Å². The van der Waals surface area contributed by atoms with Gasteiger partial charge >= 0.3 is 0 Å². The molecule has 2 saturated heterocycles. The molecule has 2 rings (SSSR count). The molecule has 3 heteroatoms. The highest BCUT2D eigenvalue weighted by molar-refractivity contribution is 4.77. The van der Waals surface area contributed by atoms with Crippen molar-refractivity contribution < 1.29 is 4.74 Å². The van der Waals surface area contributed by atoms with Crippen LogP contribution >= 0.6 is 0 Å². The molecule has 0 aromatic heterocycles. The van der Waals surface area contributed by atoms with E-state index < -0.39 is 0 Å². The highest BCUT2D eigenvalue weighted by Crippen LogP contribution is 2.20. The third-order valence-electron chi connectivity index (χ3n) is 4.00. The zero-order valence-electron chi connectivity index (χ0n) is 10.8. The van der Waals surface area contributed by atoms with Crippen molar-refractivity contribution >= 4 is 0 Å². The van der Waals surface area contributed by atoms with Gasteiger partial charge in [0.25, 0.3) is 0 Å². The third kappa shape index (κ3) is 3.44. The van der Waals surface area contributed by atoms with Gasteiger partial charge in [-0.3, -0.25) is 4.90 Å². The largest absolute Gasteiger partial charge is 0.379 e. The van der Waals surface area contributed by atoms with Crippen molar-refractivity contribution in [2.75, 3.05) is 45.9 Å². The Morgan fingerprint density at radius 1 is 1.06 bits per heavy atom. The van der Waals surface area contributed by atoms with Crippen LogP contribution in [0, 0.1) is 5.92 Å². The SMILES string of the molecule is CC(C)N1CCC(CN2CCOCC2)CC1. The maximum absolute atomic E-state index is 5.39. The van der Waals surface area contributed by atoms with E-state index in [0.29, 0.717) is 0 Å². The number of nitrogens with zero attached hydrogens (tertiary/aromatic N) is 2. The zero-order valence-corrected chi connectivity index (χ0v) is 10.8. The van der Waals surface area contributed by atoms with Crippen molar-refractivity contribution in [2.45, 2.75) is 32.7 Å². The van der Waals surface area contributed by atoms with Crippen LogP contribution in [0.5, 0.6) is 0 Å². The maximum atomic E-state index is 5.39. The first-order chi connectivity index (χ1) is 7.75. The van der Waals surface area contributed by atoms with Crippen LogP contribution in [0.2, 0.25) is 0 Å². The molecule has 0 unspecified atom stereocenters. The van der Waals surface area contributed by atoms with E-state index >= 15 is 0 Å². The van der Waals surface area contributed by atoms with Crippen molar-refractivity contribution in [1.29, 1.82) is 0 Å². The highest BCUT2D eigenvalue weighted by Gasteiger charge is 2.23. The fourth-order valence-corrected chi connectivity index (χ4v) is 2.80. The summed E-state index contributed by atoms with van der Waals surface area (Å²) in [6.07, 6.45) is 2.77. The van der Waals surface area contributed by atoms with Crippen LogP contribution in [0.25, 0.3) is 0 Å². The molecule has 0 saturated carbocycles. The first-order valence-electron chi connectivity index (χ1n) is 6.80. The van der Waals surface area contributed by atoms with Crippen LogP contribution in [0.4, 0.5) is 0 Å². The summed E-state index contributed by atoms with van der Waals surface area (Å²) in [7, 11) is 0. The summed E-state index contributed by atoms with van der Waals surface area (Å²) in [5, 5.41) is 0. The molecule has 0 atom stereocenters. The number of rotatable bonds is 3. The van der Waals surface area contributed by atoms with Crippen molar-refractivity contribution in [1.82, 2.24) is 9.80 Å². The molecule has 94 valence electrons. The van der Waals surface area contributed by atoms with Gasteiger partial charge in [-0.1, -0.05) is 0 Å². The topological polar surface area (TPSA) is 15.7 Å². The fourth-order valence-electron chi connectivity index (χ4n) is 2.80. The Labute approximate surface area is 99.7 Å². The Kier molecular flexibility index (Phi) is 4.62. The molecule has 16 heavy (non-hydrogen) atoms. The Balaban J connectivity index is 1.68. The van der Waals surface area contributed by atoms with Crippen LogP contribution in [0.15, 0.2) is 0 Å². The normalized spacial score (nSPS) is 26.4. The number of morpholine rings is 1. The van der Waals surface area contributed by atoms with Crippen LogP contribution < -0.4 is 0 Å². The van der Waals surface area contributed by atoms with E-state index in [4.69, 9.17) is 4.74 Å². The van der Waals surface area contributed by atoms with E-state index in [1.807, 2.05) is 0 Å². The summed E-state index contributed by atoms with van der Waals surface area (Å²) in [6.45, 7) is 12.7. The summed E-state index contributed by atoms with van der Waals surface area (Å²) in [6, 6.07) is 0.726. The molecule has 0 radical (unpaired) electrons. The third-order valence-corrected chi connectivity index (χ3v) is 4.00. The number of hydrogen-bond donors (Lipinski definition) is 0. The minimum Gasteiger partial charge on any atom is -0.379 e. The Hall–Kier alpha value is -0.120. The molecule has 0 N–H and O–H groups in total. The quantitative estimate of drug-likeness (QED) is 0.724. The van der Waals surface area contributed by atoms with Crippen molar-refractivity contribution in [2.24, 2.45) is 5.92 Å². The van der Waals surface area contributed by atoms with Gasteiger partial charge in [0.15, 0.2) is 0 Å². The Morgan fingerprint density at radius 3 is 2.25 bits per heavy atom. The maximum Gasteiger partial charge on any atom is 0.0594 e. The summed E-state index contributed by atoms with van der Waals surface area (Å²) in [5.41, 5.74) is 0. The second-order valence-electron chi connectivity index (χ2n) is 5.49. The highest BCUT2D eigenvalue weighted by atomic mass is 16.5. The second-order valence-corrected chi connectivity index (χ2v) is 5.49. The van der Waals surface area contributed by atoms with E-state index in [2.05, 4.69) is 23.6 Å². The van der Waals surface area contributed by atoms with E-state index in [0.717, 1.165) is 38.3 Å². The van der Waals surface area contributed by atoms with Crippen LogP contribution in [0.1, 0.15) is 26.7 Å². The van der Waals surface area contributed by atoms with Crippen molar-refractivity contribution in [3.05, 3.63) is 0 Å². The van der Waals surface area contributed by atoms with Gasteiger partial charge in [0.1, 0.15) is 0 Å². The molecule has 2 heterocycles. The molecule has 0 bridgehead atoms. The Bertz CT molecular complexity index is 194. The first-order valence-corrected chi connectivity index (χ1v) is 6.80. The first kappa shape index (κ1) is 12.3. The molecule has 0 spiro atoms. The number of piperidine rings is 1. The molecule has 2 fully saturated rings. The van der Waals surface area contributed by atoms with Gasteiger partial charge in [-0.25, -0.2) is 0 Å². The lowest BCUT2D eigenvalue weighted by molar-refractivity contribution is 0.0231.